The molecule has 0 bridgehead atoms. The second-order valence-electron chi connectivity index (χ2n) is 5.40. The maximum absolute atomic E-state index is 11.2. The second-order valence-corrected chi connectivity index (χ2v) is 6.25. The Kier molecular flexibility index (Phi) is 5.55. The van der Waals surface area contributed by atoms with Gasteiger partial charge in [0.25, 0.3) is 0 Å². The Bertz CT molecular complexity index is 948. The van der Waals surface area contributed by atoms with E-state index >= 15 is 0 Å². The summed E-state index contributed by atoms with van der Waals surface area (Å²) in [5.41, 5.74) is 2.12. The Balaban J connectivity index is 1.76. The number of carbonyl (C=O) groups excluding carboxylic acids is 1. The van der Waals surface area contributed by atoms with Crippen LogP contribution >= 0.6 is 23.2 Å². The van der Waals surface area contributed by atoms with Crippen molar-refractivity contribution in [3.8, 4) is 0 Å². The van der Waals surface area contributed by atoms with E-state index in [9.17, 15) is 4.79 Å². The molecule has 0 unspecified atom stereocenters. The highest BCUT2D eigenvalue weighted by Gasteiger charge is 2.05. The van der Waals surface area contributed by atoms with Crippen LogP contribution in [0.3, 0.4) is 0 Å². The molecule has 1 heterocycles. The third-order valence-corrected chi connectivity index (χ3v) is 3.84. The maximum atomic E-state index is 11.2. The summed E-state index contributed by atoms with van der Waals surface area (Å²) in [7, 11) is 0. The van der Waals surface area contributed by atoms with Gasteiger partial charge in [-0.3, -0.25) is 4.79 Å². The van der Waals surface area contributed by atoms with Crippen LogP contribution in [0.2, 0.25) is 10.0 Å². The first kappa shape index (κ1) is 18.0. The highest BCUT2D eigenvalue weighted by molar-refractivity contribution is 6.36. The normalized spacial score (nSPS) is 10.3. The van der Waals surface area contributed by atoms with E-state index in [1.807, 2.05) is 12.1 Å². The lowest BCUT2D eigenvalue weighted by atomic mass is 10.2. The zero-order chi connectivity index (χ0) is 18.5. The Morgan fingerprint density at radius 1 is 1.00 bits per heavy atom. The van der Waals surface area contributed by atoms with E-state index < -0.39 is 0 Å². The average molecular weight is 388 g/mol. The molecule has 0 saturated carbocycles. The molecule has 132 valence electrons. The van der Waals surface area contributed by atoms with Crippen LogP contribution in [0.4, 0.5) is 28.8 Å². The zero-order valence-corrected chi connectivity index (χ0v) is 15.3. The summed E-state index contributed by atoms with van der Waals surface area (Å²) >= 11 is 12.1. The summed E-state index contributed by atoms with van der Waals surface area (Å²) in [6.45, 7) is 1.46. The Labute approximate surface area is 160 Å². The molecular formula is C18H15Cl2N5O. The van der Waals surface area contributed by atoms with Gasteiger partial charge < -0.3 is 16.0 Å². The van der Waals surface area contributed by atoms with Crippen LogP contribution < -0.4 is 16.0 Å². The number of halogens is 2. The molecular weight excluding hydrogens is 373 g/mol. The molecule has 0 aliphatic heterocycles. The van der Waals surface area contributed by atoms with E-state index in [1.54, 1.807) is 42.6 Å². The largest absolute Gasteiger partial charge is 0.339 e. The van der Waals surface area contributed by atoms with Crippen LogP contribution in [-0.4, -0.2) is 15.9 Å². The summed E-state index contributed by atoms with van der Waals surface area (Å²) in [6.07, 6.45) is 1.62. The van der Waals surface area contributed by atoms with Gasteiger partial charge in [-0.15, -0.1) is 0 Å². The molecule has 3 aromatic rings. The van der Waals surface area contributed by atoms with Crippen molar-refractivity contribution in [3.05, 3.63) is 64.8 Å². The molecule has 0 aliphatic rings. The molecule has 3 rings (SSSR count). The number of amides is 1. The molecule has 1 aromatic heterocycles. The van der Waals surface area contributed by atoms with Crippen LogP contribution in [0.5, 0.6) is 0 Å². The molecule has 2 aromatic carbocycles. The van der Waals surface area contributed by atoms with E-state index in [1.165, 1.54) is 6.92 Å². The van der Waals surface area contributed by atoms with E-state index in [0.29, 0.717) is 33.2 Å². The molecule has 0 saturated heterocycles. The first-order chi connectivity index (χ1) is 12.5. The van der Waals surface area contributed by atoms with Gasteiger partial charge in [0.15, 0.2) is 0 Å². The van der Waals surface area contributed by atoms with Crippen molar-refractivity contribution in [2.24, 2.45) is 0 Å². The van der Waals surface area contributed by atoms with Crippen molar-refractivity contribution < 1.29 is 4.79 Å². The van der Waals surface area contributed by atoms with E-state index in [2.05, 4.69) is 25.9 Å². The third-order valence-electron chi connectivity index (χ3n) is 3.29. The molecule has 1 amide bonds. The third kappa shape index (κ3) is 4.84. The lowest BCUT2D eigenvalue weighted by molar-refractivity contribution is -0.114. The number of hydrogen-bond acceptors (Lipinski definition) is 5. The first-order valence-corrected chi connectivity index (χ1v) is 8.45. The van der Waals surface area contributed by atoms with E-state index in [0.717, 1.165) is 5.69 Å². The predicted molar refractivity (Wildman–Crippen MR) is 106 cm³/mol. The van der Waals surface area contributed by atoms with Gasteiger partial charge in [0.1, 0.15) is 5.82 Å². The first-order valence-electron chi connectivity index (χ1n) is 7.69. The van der Waals surface area contributed by atoms with Crippen LogP contribution in [0.15, 0.2) is 54.7 Å². The van der Waals surface area contributed by atoms with Gasteiger partial charge in [-0.2, -0.15) is 4.98 Å². The lowest BCUT2D eigenvalue weighted by Gasteiger charge is -2.10. The van der Waals surface area contributed by atoms with Crippen LogP contribution in [0.25, 0.3) is 0 Å². The number of nitrogens with zero attached hydrogens (tertiary/aromatic N) is 2. The number of benzene rings is 2. The molecule has 0 radical (unpaired) electrons. The van der Waals surface area contributed by atoms with Crippen LogP contribution in [0, 0.1) is 0 Å². The van der Waals surface area contributed by atoms with Crippen molar-refractivity contribution in [1.29, 1.82) is 0 Å². The molecule has 0 atom stereocenters. The topological polar surface area (TPSA) is 78.9 Å². The Morgan fingerprint density at radius 3 is 2.58 bits per heavy atom. The maximum Gasteiger partial charge on any atom is 0.229 e. The molecule has 0 fully saturated rings. The number of carbonyl (C=O) groups is 1. The fraction of sp³-hybridized carbons (Fsp3) is 0.0556. The fourth-order valence-corrected chi connectivity index (χ4v) is 2.68. The van der Waals surface area contributed by atoms with Gasteiger partial charge in [-0.05, 0) is 42.5 Å². The minimum absolute atomic E-state index is 0.135. The second kappa shape index (κ2) is 8.03. The van der Waals surface area contributed by atoms with E-state index in [4.69, 9.17) is 23.2 Å². The lowest BCUT2D eigenvalue weighted by Crippen LogP contribution is -2.06. The minimum Gasteiger partial charge on any atom is -0.339 e. The van der Waals surface area contributed by atoms with Gasteiger partial charge in [0, 0.05) is 29.5 Å². The Hall–Kier alpha value is -2.83. The number of nitrogens with one attached hydrogen (secondary N) is 3. The van der Waals surface area contributed by atoms with Gasteiger partial charge >= 0.3 is 0 Å². The molecule has 0 spiro atoms. The number of anilines is 5. The molecule has 8 heteroatoms. The summed E-state index contributed by atoms with van der Waals surface area (Å²) in [6, 6.07) is 14.2. The van der Waals surface area contributed by atoms with Gasteiger partial charge in [-0.1, -0.05) is 29.3 Å². The summed E-state index contributed by atoms with van der Waals surface area (Å²) in [4.78, 5) is 19.8. The quantitative estimate of drug-likeness (QED) is 0.558. The molecule has 26 heavy (non-hydrogen) atoms. The van der Waals surface area contributed by atoms with Crippen molar-refractivity contribution in [2.75, 3.05) is 16.0 Å². The highest BCUT2D eigenvalue weighted by atomic mass is 35.5. The Morgan fingerprint density at radius 2 is 1.81 bits per heavy atom. The fourth-order valence-electron chi connectivity index (χ4n) is 2.22. The molecule has 3 N–H and O–H groups in total. The number of hydrogen-bond donors (Lipinski definition) is 3. The summed E-state index contributed by atoms with van der Waals surface area (Å²) < 4.78 is 0. The van der Waals surface area contributed by atoms with Gasteiger partial charge in [-0.25, -0.2) is 4.98 Å². The van der Waals surface area contributed by atoms with E-state index in [-0.39, 0.29) is 5.91 Å². The zero-order valence-electron chi connectivity index (χ0n) is 13.8. The van der Waals surface area contributed by atoms with Crippen LogP contribution in [0.1, 0.15) is 6.92 Å². The molecule has 0 aliphatic carbocycles. The average Bonchev–Trinajstić information content (AvgIpc) is 2.57. The van der Waals surface area contributed by atoms with Gasteiger partial charge in [0.2, 0.25) is 11.9 Å². The van der Waals surface area contributed by atoms with Crippen molar-refractivity contribution in [1.82, 2.24) is 9.97 Å². The summed E-state index contributed by atoms with van der Waals surface area (Å²) in [5, 5.41) is 10.0. The van der Waals surface area contributed by atoms with Crippen LogP contribution in [-0.2, 0) is 4.79 Å². The SMILES string of the molecule is CC(=O)Nc1cccc(Nc2nccc(Nc3ccc(Cl)cc3Cl)n2)c1. The smallest absolute Gasteiger partial charge is 0.229 e. The van der Waals surface area contributed by atoms with Crippen molar-refractivity contribution in [2.45, 2.75) is 6.92 Å². The monoisotopic (exact) mass is 387 g/mol. The number of rotatable bonds is 5. The van der Waals surface area contributed by atoms with Gasteiger partial charge in [0.05, 0.1) is 10.7 Å². The van der Waals surface area contributed by atoms with Crippen molar-refractivity contribution in [3.63, 3.8) is 0 Å². The standard InChI is InChI=1S/C18H15Cl2N5O/c1-11(26)22-13-3-2-4-14(10-13)23-18-21-8-7-17(25-18)24-16-6-5-12(19)9-15(16)20/h2-10H,1H3,(H,22,26)(H2,21,23,24,25). The minimum atomic E-state index is -0.135. The molecule has 6 nitrogen and oxygen atoms in total. The van der Waals surface area contributed by atoms with Crippen molar-refractivity contribution >= 4 is 57.9 Å². The highest BCUT2D eigenvalue weighted by Crippen LogP contribution is 2.28. The predicted octanol–water partition coefficient (Wildman–Crippen LogP) is 5.23. The summed E-state index contributed by atoms with van der Waals surface area (Å²) in [5.74, 6) is 0.842. The number of aromatic nitrogens is 2.